The van der Waals surface area contributed by atoms with Crippen LogP contribution in [0.4, 0.5) is 13.2 Å². The zero-order valence-corrected chi connectivity index (χ0v) is 11.5. The maximum Gasteiger partial charge on any atom is 0.390 e. The lowest BCUT2D eigenvalue weighted by atomic mass is 10.4. The molecule has 0 unspecified atom stereocenters. The lowest BCUT2D eigenvalue weighted by molar-refractivity contribution is -0.132. The standard InChI is InChI=1S/C9H11F3N2O4S2/c10-9(11,12)5-6-14-20(17,18)8-3-1-7(2-4-8)19(13,15)16/h1-4,14H,5-6H2,(H2,13,15,16). The molecule has 3 N–H and O–H groups in total. The van der Waals surface area contributed by atoms with E-state index >= 15 is 0 Å². The maximum atomic E-state index is 11.9. The van der Waals surface area contributed by atoms with E-state index in [9.17, 15) is 30.0 Å². The number of benzene rings is 1. The van der Waals surface area contributed by atoms with Gasteiger partial charge in [0.2, 0.25) is 20.0 Å². The van der Waals surface area contributed by atoms with Gasteiger partial charge in [-0.25, -0.2) is 26.7 Å². The molecule has 0 aliphatic carbocycles. The van der Waals surface area contributed by atoms with Crippen LogP contribution in [0.1, 0.15) is 6.42 Å². The first kappa shape index (κ1) is 16.9. The molecular weight excluding hydrogens is 321 g/mol. The van der Waals surface area contributed by atoms with Crippen molar-refractivity contribution in [1.82, 2.24) is 4.72 Å². The summed E-state index contributed by atoms with van der Waals surface area (Å²) in [7, 11) is -8.10. The molecule has 0 saturated carbocycles. The molecular formula is C9H11F3N2O4S2. The van der Waals surface area contributed by atoms with Crippen molar-refractivity contribution in [2.75, 3.05) is 6.54 Å². The smallest absolute Gasteiger partial charge is 0.225 e. The first-order valence-corrected chi connectivity index (χ1v) is 8.14. The van der Waals surface area contributed by atoms with Crippen molar-refractivity contribution in [3.05, 3.63) is 24.3 Å². The molecule has 0 bridgehead atoms. The molecule has 0 radical (unpaired) electrons. The molecule has 0 saturated heterocycles. The highest BCUT2D eigenvalue weighted by molar-refractivity contribution is 7.89. The van der Waals surface area contributed by atoms with Crippen LogP contribution in [0.2, 0.25) is 0 Å². The number of sulfonamides is 2. The Labute approximate surface area is 113 Å². The number of hydrogen-bond acceptors (Lipinski definition) is 4. The van der Waals surface area contributed by atoms with Crippen LogP contribution in [0, 0.1) is 0 Å². The van der Waals surface area contributed by atoms with Gasteiger partial charge in [-0.15, -0.1) is 0 Å². The monoisotopic (exact) mass is 332 g/mol. The molecule has 11 heteroatoms. The van der Waals surface area contributed by atoms with Crippen molar-refractivity contribution in [2.24, 2.45) is 5.14 Å². The quantitative estimate of drug-likeness (QED) is 0.822. The van der Waals surface area contributed by atoms with Gasteiger partial charge in [-0.3, -0.25) is 0 Å². The van der Waals surface area contributed by atoms with Gasteiger partial charge in [-0.2, -0.15) is 13.2 Å². The molecule has 1 rings (SSSR count). The van der Waals surface area contributed by atoms with Crippen molar-refractivity contribution in [3.8, 4) is 0 Å². The molecule has 1 aromatic rings. The molecule has 114 valence electrons. The average molecular weight is 332 g/mol. The Bertz CT molecular complexity index is 666. The van der Waals surface area contributed by atoms with Gasteiger partial charge >= 0.3 is 6.18 Å². The van der Waals surface area contributed by atoms with Crippen molar-refractivity contribution in [1.29, 1.82) is 0 Å². The number of halogens is 3. The van der Waals surface area contributed by atoms with Crippen LogP contribution < -0.4 is 9.86 Å². The van der Waals surface area contributed by atoms with Gasteiger partial charge in [-0.05, 0) is 24.3 Å². The van der Waals surface area contributed by atoms with Crippen LogP contribution in [-0.4, -0.2) is 29.6 Å². The zero-order valence-electron chi connectivity index (χ0n) is 9.88. The van der Waals surface area contributed by atoms with Gasteiger partial charge in [0, 0.05) is 6.54 Å². The third-order valence-electron chi connectivity index (χ3n) is 2.16. The predicted octanol–water partition coefficient (Wildman–Crippen LogP) is 0.565. The number of hydrogen-bond donors (Lipinski definition) is 2. The molecule has 0 aliphatic heterocycles. The Hall–Kier alpha value is -1.17. The fourth-order valence-electron chi connectivity index (χ4n) is 1.22. The number of nitrogens with one attached hydrogen (secondary N) is 1. The highest BCUT2D eigenvalue weighted by atomic mass is 32.2. The largest absolute Gasteiger partial charge is 0.390 e. The fourth-order valence-corrected chi connectivity index (χ4v) is 2.77. The Kier molecular flexibility index (Phi) is 4.79. The Morgan fingerprint density at radius 3 is 1.85 bits per heavy atom. The molecule has 20 heavy (non-hydrogen) atoms. The molecule has 0 aromatic heterocycles. The van der Waals surface area contributed by atoms with E-state index in [1.807, 2.05) is 0 Å². The zero-order chi connectivity index (χ0) is 15.6. The van der Waals surface area contributed by atoms with Gasteiger partial charge in [0.05, 0.1) is 16.2 Å². The summed E-state index contributed by atoms with van der Waals surface area (Å²) in [6.07, 6.45) is -5.78. The Morgan fingerprint density at radius 2 is 1.45 bits per heavy atom. The van der Waals surface area contributed by atoms with E-state index < -0.39 is 39.2 Å². The number of nitrogens with two attached hydrogens (primary N) is 1. The summed E-state index contributed by atoms with van der Waals surface area (Å²) in [4.78, 5) is -0.654. The number of alkyl halides is 3. The van der Waals surface area contributed by atoms with E-state index in [2.05, 4.69) is 0 Å². The summed E-state index contributed by atoms with van der Waals surface area (Å²) in [5.41, 5.74) is 0. The van der Waals surface area contributed by atoms with Crippen molar-refractivity contribution < 1.29 is 30.0 Å². The van der Waals surface area contributed by atoms with E-state index in [-0.39, 0.29) is 9.79 Å². The van der Waals surface area contributed by atoms with Crippen molar-refractivity contribution in [2.45, 2.75) is 22.4 Å². The van der Waals surface area contributed by atoms with E-state index in [4.69, 9.17) is 5.14 Å². The lowest BCUT2D eigenvalue weighted by Gasteiger charge is -2.09. The summed E-state index contributed by atoms with van der Waals surface area (Å²) in [6, 6.07) is 3.78. The van der Waals surface area contributed by atoms with E-state index in [1.165, 1.54) is 0 Å². The minimum atomic E-state index is -4.47. The first-order valence-electron chi connectivity index (χ1n) is 5.11. The minimum Gasteiger partial charge on any atom is -0.225 e. The lowest BCUT2D eigenvalue weighted by Crippen LogP contribution is -2.28. The second-order valence-corrected chi connectivity index (χ2v) is 7.11. The third kappa shape index (κ3) is 5.07. The minimum absolute atomic E-state index is 0.299. The number of primary sulfonamides is 1. The molecule has 0 atom stereocenters. The van der Waals surface area contributed by atoms with E-state index in [1.54, 1.807) is 4.72 Å². The highest BCUT2D eigenvalue weighted by Crippen LogP contribution is 2.19. The summed E-state index contributed by atoms with van der Waals surface area (Å²) in [6.45, 7) is -0.803. The topological polar surface area (TPSA) is 106 Å². The second kappa shape index (κ2) is 5.68. The van der Waals surface area contributed by atoms with Crippen LogP contribution in [-0.2, 0) is 20.0 Å². The molecule has 6 nitrogen and oxygen atoms in total. The van der Waals surface area contributed by atoms with Gasteiger partial charge in [0.15, 0.2) is 0 Å². The summed E-state index contributed by atoms with van der Waals surface area (Å²) in [5, 5.41) is 4.83. The number of rotatable bonds is 5. The van der Waals surface area contributed by atoms with Crippen LogP contribution in [0.5, 0.6) is 0 Å². The van der Waals surface area contributed by atoms with Gasteiger partial charge in [-0.1, -0.05) is 0 Å². The van der Waals surface area contributed by atoms with Crippen LogP contribution >= 0.6 is 0 Å². The molecule has 0 fully saturated rings. The van der Waals surface area contributed by atoms with Crippen molar-refractivity contribution >= 4 is 20.0 Å². The first-order chi connectivity index (χ1) is 8.92. The molecule has 0 spiro atoms. The Balaban J connectivity index is 2.84. The molecule has 0 heterocycles. The van der Waals surface area contributed by atoms with Crippen LogP contribution in [0.15, 0.2) is 34.1 Å². The highest BCUT2D eigenvalue weighted by Gasteiger charge is 2.27. The van der Waals surface area contributed by atoms with Gasteiger partial charge in [0.1, 0.15) is 0 Å². The molecule has 1 aromatic carbocycles. The van der Waals surface area contributed by atoms with E-state index in [0.29, 0.717) is 0 Å². The van der Waals surface area contributed by atoms with Crippen LogP contribution in [0.25, 0.3) is 0 Å². The van der Waals surface area contributed by atoms with Gasteiger partial charge < -0.3 is 0 Å². The summed E-state index contributed by atoms with van der Waals surface area (Å²) >= 11 is 0. The average Bonchev–Trinajstić information content (AvgIpc) is 2.26. The maximum absolute atomic E-state index is 11.9. The van der Waals surface area contributed by atoms with Gasteiger partial charge in [0.25, 0.3) is 0 Å². The Morgan fingerprint density at radius 1 is 1.00 bits per heavy atom. The normalized spacial score (nSPS) is 13.4. The molecule has 0 aliphatic rings. The summed E-state index contributed by atoms with van der Waals surface area (Å²) in [5.74, 6) is 0. The van der Waals surface area contributed by atoms with Crippen LogP contribution in [0.3, 0.4) is 0 Å². The fraction of sp³-hybridized carbons (Fsp3) is 0.333. The third-order valence-corrected chi connectivity index (χ3v) is 4.57. The van der Waals surface area contributed by atoms with E-state index in [0.717, 1.165) is 24.3 Å². The summed E-state index contributed by atoms with van der Waals surface area (Å²) < 4.78 is 82.6. The molecule has 0 amide bonds. The predicted molar refractivity (Wildman–Crippen MR) is 63.7 cm³/mol. The second-order valence-electron chi connectivity index (χ2n) is 3.78. The van der Waals surface area contributed by atoms with Crippen molar-refractivity contribution in [3.63, 3.8) is 0 Å². The SMILES string of the molecule is NS(=O)(=O)c1ccc(S(=O)(=O)NCCC(F)(F)F)cc1.